The van der Waals surface area contributed by atoms with Crippen molar-refractivity contribution in [1.82, 2.24) is 9.13 Å². The normalized spacial score (nSPS) is 26.6. The summed E-state index contributed by atoms with van der Waals surface area (Å²) in [7, 11) is -7.30. The van der Waals surface area contributed by atoms with Gasteiger partial charge in [0.1, 0.15) is 12.2 Å². The first-order valence-electron chi connectivity index (χ1n) is 14.8. The van der Waals surface area contributed by atoms with E-state index < -0.39 is 67.3 Å². The van der Waals surface area contributed by atoms with Gasteiger partial charge in [0.05, 0.1) is 17.7 Å². The van der Waals surface area contributed by atoms with Crippen LogP contribution >= 0.6 is 0 Å². The minimum atomic E-state index is -4.27. The highest BCUT2D eigenvalue weighted by atomic mass is 32.2. The summed E-state index contributed by atoms with van der Waals surface area (Å²) in [6, 6.07) is 9.59. The molecule has 45 heavy (non-hydrogen) atoms. The Morgan fingerprint density at radius 2 is 1.64 bits per heavy atom. The summed E-state index contributed by atoms with van der Waals surface area (Å²) in [6.45, 7) is 17.5. The quantitative estimate of drug-likeness (QED) is 0.326. The molecule has 0 saturated carbocycles. The molecule has 2 aliphatic rings. The Hall–Kier alpha value is -2.38. The van der Waals surface area contributed by atoms with Gasteiger partial charge in [0, 0.05) is 31.0 Å². The average molecular weight is 682 g/mol. The van der Waals surface area contributed by atoms with Gasteiger partial charge in [0.2, 0.25) is 0 Å². The van der Waals surface area contributed by atoms with Crippen LogP contribution in [0.3, 0.4) is 0 Å². The van der Waals surface area contributed by atoms with E-state index in [2.05, 4.69) is 0 Å². The van der Waals surface area contributed by atoms with Gasteiger partial charge in [-0.15, -0.1) is 0 Å². The Kier molecular flexibility index (Phi) is 9.22. The molecule has 0 amide bonds. The summed E-state index contributed by atoms with van der Waals surface area (Å²) < 4.78 is 60.9. The minimum Gasteiger partial charge on any atom is -0.406 e. The molecule has 2 aliphatic heterocycles. The number of nitrogens with zero attached hydrogens (tertiary/aromatic N) is 2. The van der Waals surface area contributed by atoms with Crippen LogP contribution in [0.1, 0.15) is 53.3 Å². The van der Waals surface area contributed by atoms with Crippen LogP contribution in [0.2, 0.25) is 23.2 Å². The lowest BCUT2D eigenvalue weighted by Crippen LogP contribution is -2.63. The summed E-state index contributed by atoms with van der Waals surface area (Å²) in [5, 5.41) is 0.919. The van der Waals surface area contributed by atoms with E-state index in [1.54, 1.807) is 14.0 Å². The van der Waals surface area contributed by atoms with Gasteiger partial charge in [-0.1, -0.05) is 71.9 Å². The van der Waals surface area contributed by atoms with Crippen LogP contribution in [-0.4, -0.2) is 66.0 Å². The summed E-state index contributed by atoms with van der Waals surface area (Å²) in [5.74, 6) is 0. The smallest absolute Gasteiger partial charge is 0.377 e. The first kappa shape index (κ1) is 35.5. The zero-order valence-corrected chi connectivity index (χ0v) is 30.9. The molecule has 4 rings (SSSR count). The zero-order valence-electron chi connectivity index (χ0n) is 28.0. The standard InChI is InChI=1S/C30H47N3O9SSi2/c1-20-17-33(27(35)32(8)25(20)34)26-24(41-44(10,11)28(2,3)4)30(22(31)19-43(36,37)42-30)23(40-26)18-39-45(38-9,29(5,6)7)21-15-13-12-14-16-21/h12-17,19,23-24,26H,18,31H2,1-11H3/t23?,24-,26+,30?,45?/m0/s1. The second-order valence-corrected chi connectivity index (χ2v) is 24.5. The SMILES string of the molecule is CO[Si](OCC1O[C@@H](n2cc(C)c(=O)n(C)c2=O)[C@H](O[Si](C)(C)C(C)(C)C)C12OS(=O)(=O)C=C2N)(c1ccccc1)C(C)(C)C. The molecule has 0 radical (unpaired) electrons. The van der Waals surface area contributed by atoms with Gasteiger partial charge in [-0.05, 0) is 30.2 Å². The van der Waals surface area contributed by atoms with E-state index in [1.165, 1.54) is 17.8 Å². The lowest BCUT2D eigenvalue weighted by atomic mass is 9.89. The van der Waals surface area contributed by atoms with Gasteiger partial charge in [-0.3, -0.25) is 13.9 Å². The van der Waals surface area contributed by atoms with Gasteiger partial charge in [0.15, 0.2) is 20.1 Å². The van der Waals surface area contributed by atoms with Crippen LogP contribution in [0, 0.1) is 6.92 Å². The van der Waals surface area contributed by atoms with Gasteiger partial charge >= 0.3 is 14.3 Å². The fourth-order valence-electron chi connectivity index (χ4n) is 5.81. The van der Waals surface area contributed by atoms with Crippen LogP contribution < -0.4 is 22.2 Å². The number of benzene rings is 1. The molecular weight excluding hydrogens is 635 g/mol. The van der Waals surface area contributed by atoms with Crippen molar-refractivity contribution < 1.29 is 30.6 Å². The Labute approximate surface area is 267 Å². The van der Waals surface area contributed by atoms with Crippen LogP contribution in [-0.2, 0) is 39.4 Å². The molecule has 15 heteroatoms. The predicted molar refractivity (Wildman–Crippen MR) is 176 cm³/mol. The summed E-state index contributed by atoms with van der Waals surface area (Å²) in [5.41, 5.74) is 3.72. The second-order valence-electron chi connectivity index (χ2n) is 14.4. The number of hydrogen-bond donors (Lipinski definition) is 1. The van der Waals surface area contributed by atoms with Crippen molar-refractivity contribution in [3.63, 3.8) is 0 Å². The maximum Gasteiger partial charge on any atom is 0.377 e. The molecule has 5 atom stereocenters. The molecule has 1 saturated heterocycles. The topological polar surface area (TPSA) is 150 Å². The second kappa shape index (κ2) is 11.7. The highest BCUT2D eigenvalue weighted by molar-refractivity contribution is 7.90. The number of nitrogens with two attached hydrogens (primary N) is 1. The van der Waals surface area contributed by atoms with E-state index in [0.717, 1.165) is 15.2 Å². The van der Waals surface area contributed by atoms with E-state index in [-0.39, 0.29) is 22.9 Å². The van der Waals surface area contributed by atoms with Crippen molar-refractivity contribution in [3.8, 4) is 0 Å². The van der Waals surface area contributed by atoms with Crippen LogP contribution in [0.15, 0.2) is 57.2 Å². The Bertz CT molecular complexity index is 1690. The van der Waals surface area contributed by atoms with Crippen molar-refractivity contribution in [3.05, 3.63) is 74.0 Å². The van der Waals surface area contributed by atoms with E-state index in [1.807, 2.05) is 85.0 Å². The van der Waals surface area contributed by atoms with E-state index in [0.29, 0.717) is 0 Å². The van der Waals surface area contributed by atoms with Gasteiger partial charge in [-0.2, -0.15) is 8.42 Å². The number of aryl methyl sites for hydroxylation is 1. The minimum absolute atomic E-state index is 0.128. The number of rotatable bonds is 8. The maximum atomic E-state index is 13.6. The molecule has 2 N–H and O–H groups in total. The first-order valence-corrected chi connectivity index (χ1v) is 21.0. The number of aromatic nitrogens is 2. The summed E-state index contributed by atoms with van der Waals surface area (Å²) in [4.78, 5) is 26.2. The lowest BCUT2D eigenvalue weighted by Gasteiger charge is -2.44. The monoisotopic (exact) mass is 681 g/mol. The Morgan fingerprint density at radius 1 is 1.04 bits per heavy atom. The lowest BCUT2D eigenvalue weighted by molar-refractivity contribution is -0.0600. The van der Waals surface area contributed by atoms with E-state index >= 15 is 0 Å². The zero-order chi connectivity index (χ0) is 34.0. The molecule has 12 nitrogen and oxygen atoms in total. The summed E-state index contributed by atoms with van der Waals surface area (Å²) >= 11 is 0. The number of hydrogen-bond acceptors (Lipinski definition) is 10. The molecule has 1 aromatic carbocycles. The molecule has 1 fully saturated rings. The van der Waals surface area contributed by atoms with Crippen LogP contribution in [0.25, 0.3) is 0 Å². The fraction of sp³-hybridized carbons (Fsp3) is 0.600. The van der Waals surface area contributed by atoms with Gasteiger partial charge in [-0.25, -0.2) is 8.98 Å². The molecule has 0 bridgehead atoms. The van der Waals surface area contributed by atoms with E-state index in [9.17, 15) is 18.0 Å². The predicted octanol–water partition coefficient (Wildman–Crippen LogP) is 2.85. The first-order chi connectivity index (χ1) is 20.5. The molecule has 1 aromatic heterocycles. The van der Waals surface area contributed by atoms with Crippen molar-refractivity contribution >= 4 is 32.2 Å². The third-order valence-corrected chi connectivity index (χ3v) is 19.0. The van der Waals surface area contributed by atoms with Crippen molar-refractivity contribution in [1.29, 1.82) is 0 Å². The van der Waals surface area contributed by atoms with Gasteiger partial charge < -0.3 is 23.7 Å². The van der Waals surface area contributed by atoms with Crippen LogP contribution in [0.4, 0.5) is 0 Å². The van der Waals surface area contributed by atoms with Crippen molar-refractivity contribution in [2.45, 2.75) is 95.7 Å². The molecule has 3 heterocycles. The molecule has 3 unspecified atom stereocenters. The van der Waals surface area contributed by atoms with E-state index in [4.69, 9.17) is 27.9 Å². The molecule has 2 aromatic rings. The average Bonchev–Trinajstić information content (AvgIpc) is 3.35. The summed E-state index contributed by atoms with van der Waals surface area (Å²) in [6.07, 6.45) is -2.20. The van der Waals surface area contributed by atoms with Crippen molar-refractivity contribution in [2.75, 3.05) is 13.7 Å². The third kappa shape index (κ3) is 5.97. The van der Waals surface area contributed by atoms with Crippen molar-refractivity contribution in [2.24, 2.45) is 12.8 Å². The molecule has 1 spiro atoms. The molecule has 0 aliphatic carbocycles. The maximum absolute atomic E-state index is 13.6. The van der Waals surface area contributed by atoms with Gasteiger partial charge in [0.25, 0.3) is 15.7 Å². The molecule has 250 valence electrons. The highest BCUT2D eigenvalue weighted by Gasteiger charge is 2.68. The molecular formula is C30H47N3O9SSi2. The Morgan fingerprint density at radius 3 is 2.13 bits per heavy atom. The fourth-order valence-corrected chi connectivity index (χ4v) is 11.8. The third-order valence-electron chi connectivity index (χ3n) is 9.29. The number of ether oxygens (including phenoxy) is 1. The largest absolute Gasteiger partial charge is 0.406 e. The van der Waals surface area contributed by atoms with Crippen LogP contribution in [0.5, 0.6) is 0 Å². The highest BCUT2D eigenvalue weighted by Crippen LogP contribution is 2.52. The Balaban J connectivity index is 1.95.